The van der Waals surface area contributed by atoms with Crippen molar-refractivity contribution >= 4 is 42.4 Å². The van der Waals surface area contributed by atoms with Gasteiger partial charge in [0.25, 0.3) is 5.56 Å². The van der Waals surface area contributed by atoms with Gasteiger partial charge in [-0.15, -0.1) is 0 Å². The van der Waals surface area contributed by atoms with E-state index in [0.29, 0.717) is 5.02 Å². The number of phosphoric acid groups is 1. The minimum atomic E-state index is -4.31. The normalized spacial score (nSPS) is 20.6. The molecule has 2 aromatic heterocycles. The van der Waals surface area contributed by atoms with Gasteiger partial charge in [0, 0.05) is 17.4 Å². The molecule has 0 bridgehead atoms. The molecule has 3 heterocycles. The zero-order valence-corrected chi connectivity index (χ0v) is 22.6. The molecule has 1 aliphatic heterocycles. The highest BCUT2D eigenvalue weighted by atomic mass is 35.5. The molecule has 0 spiro atoms. The van der Waals surface area contributed by atoms with Gasteiger partial charge in [0.05, 0.1) is 32.0 Å². The molecule has 0 radical (unpaired) electrons. The fourth-order valence-electron chi connectivity index (χ4n) is 3.67. The lowest BCUT2D eigenvalue weighted by Crippen LogP contribution is -2.28. The number of carbonyl (C=O) groups excluding carboxylic acids is 1. The van der Waals surface area contributed by atoms with Crippen molar-refractivity contribution in [2.45, 2.75) is 45.1 Å². The Labute approximate surface area is 227 Å². The number of nitrogens with zero attached hydrogens (tertiary/aromatic N) is 4. The van der Waals surface area contributed by atoms with Crippen LogP contribution in [0.5, 0.6) is 5.75 Å². The Morgan fingerprint density at radius 1 is 1.41 bits per heavy atom. The molecule has 39 heavy (non-hydrogen) atoms. The van der Waals surface area contributed by atoms with Crippen molar-refractivity contribution in [2.75, 3.05) is 18.5 Å². The summed E-state index contributed by atoms with van der Waals surface area (Å²) in [5.74, 6) is -0.610. The molecule has 0 aliphatic carbocycles. The van der Waals surface area contributed by atoms with Crippen molar-refractivity contribution in [1.29, 1.82) is 5.26 Å². The smallest absolute Gasteiger partial charge is 0.404 e. The van der Waals surface area contributed by atoms with Gasteiger partial charge in [0.2, 0.25) is 11.9 Å². The van der Waals surface area contributed by atoms with Crippen LogP contribution in [-0.4, -0.2) is 56.0 Å². The Morgan fingerprint density at radius 3 is 2.82 bits per heavy atom. The number of phosphoric ester groups is 1. The molecule has 0 saturated carbocycles. The van der Waals surface area contributed by atoms with Crippen molar-refractivity contribution in [2.24, 2.45) is 5.92 Å². The van der Waals surface area contributed by atoms with Gasteiger partial charge < -0.3 is 14.4 Å². The molecule has 208 valence electrons. The van der Waals surface area contributed by atoms with Crippen LogP contribution in [0.25, 0.3) is 11.2 Å². The van der Waals surface area contributed by atoms with Gasteiger partial charge in [-0.25, -0.2) is 9.55 Å². The minimum absolute atomic E-state index is 0.00245. The highest BCUT2D eigenvalue weighted by molar-refractivity contribution is 7.49. The fraction of sp³-hybridized carbons (Fsp3) is 0.435. The lowest BCUT2D eigenvalue weighted by atomic mass is 10.2. The van der Waals surface area contributed by atoms with E-state index in [4.69, 9.17) is 35.2 Å². The molecule has 3 N–H and O–H groups in total. The van der Waals surface area contributed by atoms with Crippen molar-refractivity contribution in [1.82, 2.24) is 19.5 Å². The standard InChI is InChI=1S/C23H26ClN6O8P/c1-13(2)21(32)28-23-27-20-19(22(33)29-23)26-12-30(20)18-10-16(17(11-31)36-18)38-39(34,35-9-3-8-25)37-15-6-4-14(24)5-7-15/h4-7,12-13,16-18,31H,3,9-11H2,1-2H3,(H2,27,28,29,32,33)/t16-,17+,18+,39?/m0/s1. The number of carbonyl (C=O) groups is 1. The lowest BCUT2D eigenvalue weighted by Gasteiger charge is -2.23. The minimum Gasteiger partial charge on any atom is -0.404 e. The second-order valence-electron chi connectivity index (χ2n) is 8.81. The van der Waals surface area contributed by atoms with Gasteiger partial charge in [-0.2, -0.15) is 10.2 Å². The number of nitriles is 1. The summed E-state index contributed by atoms with van der Waals surface area (Å²) in [5, 5.41) is 21.8. The molecule has 1 fully saturated rings. The number of ether oxygens (including phenoxy) is 1. The maximum Gasteiger partial charge on any atom is 0.530 e. The van der Waals surface area contributed by atoms with E-state index in [0.717, 1.165) is 0 Å². The SMILES string of the molecule is CC(C)C(=O)Nc1nc2c(ncn2[C@H]2C[C@H](OP(=O)(OCCC#N)Oc3ccc(Cl)cc3)[C@@H](CO)O2)c(=O)[nH]1. The summed E-state index contributed by atoms with van der Waals surface area (Å²) in [5.41, 5.74) is -0.456. The third kappa shape index (κ3) is 6.83. The van der Waals surface area contributed by atoms with E-state index < -0.39 is 38.4 Å². The Hall–Kier alpha value is -3.31. The summed E-state index contributed by atoms with van der Waals surface area (Å²) in [4.78, 5) is 35.5. The number of amides is 1. The van der Waals surface area contributed by atoms with Crippen LogP contribution in [0.1, 0.15) is 32.9 Å². The van der Waals surface area contributed by atoms with Crippen LogP contribution in [0.4, 0.5) is 5.95 Å². The number of halogens is 1. The number of hydrogen-bond acceptors (Lipinski definition) is 11. The van der Waals surface area contributed by atoms with Crippen LogP contribution < -0.4 is 15.4 Å². The summed E-state index contributed by atoms with van der Waals surface area (Å²) in [6, 6.07) is 7.88. The molecule has 1 aliphatic rings. The van der Waals surface area contributed by atoms with Gasteiger partial charge >= 0.3 is 7.82 Å². The number of aliphatic hydroxyl groups is 1. The molecule has 14 nitrogen and oxygen atoms in total. The number of aromatic amines is 1. The molecule has 1 amide bonds. The summed E-state index contributed by atoms with van der Waals surface area (Å²) in [6.07, 6.45) is -1.50. The van der Waals surface area contributed by atoms with E-state index in [1.165, 1.54) is 35.2 Å². The third-order valence-corrected chi connectivity index (χ3v) is 7.34. The Morgan fingerprint density at radius 2 is 2.15 bits per heavy atom. The van der Waals surface area contributed by atoms with Gasteiger partial charge in [-0.05, 0) is 24.3 Å². The van der Waals surface area contributed by atoms with Crippen molar-refractivity contribution < 1.29 is 32.8 Å². The largest absolute Gasteiger partial charge is 0.530 e. The molecule has 1 saturated heterocycles. The molecular weight excluding hydrogens is 555 g/mol. The van der Waals surface area contributed by atoms with Crippen LogP contribution in [0.15, 0.2) is 35.4 Å². The van der Waals surface area contributed by atoms with Gasteiger partial charge in [0.15, 0.2) is 11.2 Å². The first-order chi connectivity index (χ1) is 18.6. The molecule has 3 aromatic rings. The molecule has 4 atom stereocenters. The second-order valence-corrected chi connectivity index (χ2v) is 10.8. The maximum absolute atomic E-state index is 13.5. The molecule has 16 heteroatoms. The summed E-state index contributed by atoms with van der Waals surface area (Å²) >= 11 is 5.90. The number of aromatic nitrogens is 4. The number of benzene rings is 1. The van der Waals surface area contributed by atoms with E-state index in [1.54, 1.807) is 13.8 Å². The molecule has 1 unspecified atom stereocenters. The predicted octanol–water partition coefficient (Wildman–Crippen LogP) is 3.15. The van der Waals surface area contributed by atoms with E-state index in [1.807, 2.05) is 6.07 Å². The number of rotatable bonds is 11. The topological polar surface area (TPSA) is 191 Å². The maximum atomic E-state index is 13.5. The third-order valence-electron chi connectivity index (χ3n) is 5.63. The van der Waals surface area contributed by atoms with Crippen LogP contribution >= 0.6 is 19.4 Å². The van der Waals surface area contributed by atoms with Crippen LogP contribution in [0, 0.1) is 17.2 Å². The first-order valence-corrected chi connectivity index (χ1v) is 13.8. The van der Waals surface area contributed by atoms with Gasteiger partial charge in [-0.1, -0.05) is 25.4 Å². The number of imidazole rings is 1. The first kappa shape index (κ1) is 28.7. The van der Waals surface area contributed by atoms with Crippen molar-refractivity contribution in [3.8, 4) is 11.8 Å². The van der Waals surface area contributed by atoms with E-state index in [-0.39, 0.29) is 54.1 Å². The average Bonchev–Trinajstić information content (AvgIpc) is 3.49. The number of anilines is 1. The summed E-state index contributed by atoms with van der Waals surface area (Å²) in [7, 11) is -4.31. The Balaban J connectivity index is 1.58. The van der Waals surface area contributed by atoms with Crippen LogP contribution in [-0.2, 0) is 23.1 Å². The number of hydrogen-bond donors (Lipinski definition) is 3. The van der Waals surface area contributed by atoms with Crippen molar-refractivity contribution in [3.63, 3.8) is 0 Å². The summed E-state index contributed by atoms with van der Waals surface area (Å²) < 4.78 is 37.5. The molecule has 1 aromatic carbocycles. The number of nitrogens with one attached hydrogen (secondary N) is 2. The Kier molecular flexibility index (Phi) is 9.01. The second kappa shape index (κ2) is 12.3. The average molecular weight is 581 g/mol. The van der Waals surface area contributed by atoms with Crippen LogP contribution in [0.3, 0.4) is 0 Å². The summed E-state index contributed by atoms with van der Waals surface area (Å²) in [6.45, 7) is 2.65. The zero-order valence-electron chi connectivity index (χ0n) is 20.9. The predicted molar refractivity (Wildman–Crippen MR) is 138 cm³/mol. The van der Waals surface area contributed by atoms with Crippen LogP contribution in [0.2, 0.25) is 5.02 Å². The zero-order chi connectivity index (χ0) is 28.2. The number of H-pyrrole nitrogens is 1. The monoisotopic (exact) mass is 580 g/mol. The molecular formula is C23H26ClN6O8P. The van der Waals surface area contributed by atoms with Crippen molar-refractivity contribution in [3.05, 3.63) is 46.0 Å². The highest BCUT2D eigenvalue weighted by Gasteiger charge is 2.43. The van der Waals surface area contributed by atoms with Gasteiger partial charge in [0.1, 0.15) is 24.2 Å². The highest BCUT2D eigenvalue weighted by Crippen LogP contribution is 2.53. The number of aliphatic hydroxyl groups excluding tert-OH is 1. The Bertz CT molecular complexity index is 1470. The quantitative estimate of drug-likeness (QED) is 0.223. The fourth-order valence-corrected chi connectivity index (χ4v) is 5.21. The lowest BCUT2D eigenvalue weighted by molar-refractivity contribution is -0.118. The van der Waals surface area contributed by atoms with E-state index in [2.05, 4.69) is 20.3 Å². The van der Waals surface area contributed by atoms with E-state index in [9.17, 15) is 19.3 Å². The number of fused-ring (bicyclic) bond motifs is 1. The van der Waals surface area contributed by atoms with E-state index >= 15 is 0 Å². The van der Waals surface area contributed by atoms with Gasteiger partial charge in [-0.3, -0.25) is 33.5 Å². The molecule has 4 rings (SSSR count). The first-order valence-electron chi connectivity index (χ1n) is 11.9.